The average Bonchev–Trinajstić information content (AvgIpc) is 2.36. The molecule has 0 bridgehead atoms. The van der Waals surface area contributed by atoms with Crippen molar-refractivity contribution in [2.75, 3.05) is 6.17 Å². The Morgan fingerprint density at radius 3 is 2.44 bits per heavy atom. The molecular weight excluding hydrogens is 242 g/mol. The molecule has 1 aromatic rings. The molecule has 0 unspecified atom stereocenters. The highest BCUT2D eigenvalue weighted by Crippen LogP contribution is 2.16. The molecule has 0 fully saturated rings. The van der Waals surface area contributed by atoms with Crippen molar-refractivity contribution in [2.24, 2.45) is 0 Å². The van der Waals surface area contributed by atoms with Gasteiger partial charge in [-0.3, -0.25) is 0 Å². The van der Waals surface area contributed by atoms with Crippen LogP contribution in [0.15, 0.2) is 30.3 Å². The minimum atomic E-state index is -0.386. The molecule has 0 aliphatic carbocycles. The largest absolute Gasteiger partial charge is 0.443 e. The molecule has 0 spiro atoms. The molecule has 0 saturated heterocycles. The molecule has 0 atom stereocenters. The number of carbonyl (C=O) groups is 1. The summed E-state index contributed by atoms with van der Waals surface area (Å²) in [6, 6.07) is 10.0. The quantitative estimate of drug-likeness (QED) is 0.763. The fourth-order valence-electron chi connectivity index (χ4n) is 1.48. The van der Waals surface area contributed by atoms with Crippen molar-refractivity contribution in [3.05, 3.63) is 35.9 Å². The van der Waals surface area contributed by atoms with Gasteiger partial charge in [0.15, 0.2) is 0 Å². The summed E-state index contributed by atoms with van der Waals surface area (Å²) in [4.78, 5) is 13.9. The minimum absolute atomic E-state index is 0.208. The molecule has 1 aromatic carbocycles. The summed E-state index contributed by atoms with van der Waals surface area (Å²) in [5, 5.41) is 0. The van der Waals surface area contributed by atoms with Gasteiger partial charge in [-0.15, -0.1) is 0 Å². The van der Waals surface area contributed by atoms with E-state index in [9.17, 15) is 4.79 Å². The van der Waals surface area contributed by atoms with Crippen molar-refractivity contribution in [2.45, 2.75) is 39.3 Å². The van der Waals surface area contributed by atoms with Crippen LogP contribution in [0.25, 0.3) is 0 Å². The molecule has 1 rings (SSSR count). The first-order chi connectivity index (χ1) is 8.48. The molecule has 1 amide bonds. The lowest BCUT2D eigenvalue weighted by molar-refractivity contribution is 0.0131. The zero-order valence-corrected chi connectivity index (χ0v) is 13.8. The van der Waals surface area contributed by atoms with Crippen LogP contribution in [0.5, 0.6) is 0 Å². The Balaban J connectivity index is 2.64. The van der Waals surface area contributed by atoms with Gasteiger partial charge in [0.2, 0.25) is 0 Å². The number of carbonyl (C=O) groups excluding carboxylic acids is 1. The normalized spacial score (nSPS) is 11.3. The van der Waals surface area contributed by atoms with E-state index in [4.69, 9.17) is 4.74 Å². The summed E-state index contributed by atoms with van der Waals surface area (Å²) >= 11 is 0. The van der Waals surface area contributed by atoms with Crippen LogP contribution in [0.1, 0.15) is 32.8 Å². The molecule has 0 radical (unpaired) electrons. The number of ether oxygens (including phenoxy) is 1. The Bertz CT molecular complexity index is 379. The average molecular weight is 265 g/mol. The van der Waals surface area contributed by atoms with E-state index in [1.165, 1.54) is 0 Å². The van der Waals surface area contributed by atoms with E-state index in [-0.39, 0.29) is 11.7 Å². The Kier molecular flexibility index (Phi) is 5.41. The van der Waals surface area contributed by atoms with Crippen molar-refractivity contribution < 1.29 is 9.53 Å². The summed E-state index contributed by atoms with van der Waals surface area (Å²) in [6.45, 7) is 6.54. The standard InChI is InChI=1S/C14H23NO2Si/c1-4-14(2,3)17-13(16)15(11-18)10-12-8-6-5-7-9-12/h5-9H,4,10-11H2,1-3,18H3. The Hall–Kier alpha value is -1.29. The van der Waals surface area contributed by atoms with Gasteiger partial charge >= 0.3 is 6.09 Å². The van der Waals surface area contributed by atoms with Crippen LogP contribution < -0.4 is 0 Å². The molecule has 4 heteroatoms. The molecule has 0 aliphatic rings. The maximum Gasteiger partial charge on any atom is 0.410 e. The summed E-state index contributed by atoms with van der Waals surface area (Å²) in [7, 11) is 0.949. The fraction of sp³-hybridized carbons (Fsp3) is 0.500. The third-order valence-corrected chi connectivity index (χ3v) is 3.83. The molecule has 0 aromatic heterocycles. The molecule has 0 heterocycles. The molecule has 100 valence electrons. The number of rotatable bonds is 5. The van der Waals surface area contributed by atoms with Crippen LogP contribution in [0, 0.1) is 0 Å². The van der Waals surface area contributed by atoms with Gasteiger partial charge in [0.1, 0.15) is 5.60 Å². The van der Waals surface area contributed by atoms with Crippen LogP contribution in [-0.4, -0.2) is 33.0 Å². The third-order valence-electron chi connectivity index (χ3n) is 3.07. The maximum atomic E-state index is 12.1. The SMILES string of the molecule is CCC(C)(C)OC(=O)N(C[SiH3])Cc1ccccc1. The van der Waals surface area contributed by atoms with Crippen LogP contribution in [0.3, 0.4) is 0 Å². The van der Waals surface area contributed by atoms with Crippen LogP contribution >= 0.6 is 0 Å². The highest BCUT2D eigenvalue weighted by Gasteiger charge is 2.23. The van der Waals surface area contributed by atoms with Crippen LogP contribution in [-0.2, 0) is 11.3 Å². The number of amides is 1. The molecule has 18 heavy (non-hydrogen) atoms. The van der Waals surface area contributed by atoms with Crippen molar-refractivity contribution in [1.82, 2.24) is 4.90 Å². The lowest BCUT2D eigenvalue weighted by Crippen LogP contribution is -2.38. The first-order valence-electron chi connectivity index (χ1n) is 6.50. The number of nitrogens with zero attached hydrogens (tertiary/aromatic N) is 1. The van der Waals surface area contributed by atoms with Gasteiger partial charge in [0.25, 0.3) is 0 Å². The van der Waals surface area contributed by atoms with Crippen LogP contribution in [0.4, 0.5) is 4.79 Å². The van der Waals surface area contributed by atoms with Gasteiger partial charge in [-0.2, -0.15) is 0 Å². The van der Waals surface area contributed by atoms with E-state index >= 15 is 0 Å². The van der Waals surface area contributed by atoms with Gasteiger partial charge < -0.3 is 9.64 Å². The van der Waals surface area contributed by atoms with E-state index in [1.807, 2.05) is 51.1 Å². The van der Waals surface area contributed by atoms with Gasteiger partial charge in [-0.25, -0.2) is 4.79 Å². The second-order valence-electron chi connectivity index (χ2n) is 4.98. The van der Waals surface area contributed by atoms with Gasteiger partial charge in [-0.05, 0) is 25.8 Å². The lowest BCUT2D eigenvalue weighted by Gasteiger charge is -2.28. The minimum Gasteiger partial charge on any atom is -0.443 e. The second kappa shape index (κ2) is 6.59. The number of benzene rings is 1. The van der Waals surface area contributed by atoms with Crippen molar-refractivity contribution in [3.8, 4) is 0 Å². The molecule has 3 nitrogen and oxygen atoms in total. The first kappa shape index (κ1) is 14.8. The summed E-state index contributed by atoms with van der Waals surface area (Å²) < 4.78 is 5.52. The molecule has 0 saturated carbocycles. The van der Waals surface area contributed by atoms with Crippen molar-refractivity contribution >= 4 is 16.3 Å². The highest BCUT2D eigenvalue weighted by atomic mass is 28.1. The summed E-state index contributed by atoms with van der Waals surface area (Å²) in [5.41, 5.74) is 0.752. The topological polar surface area (TPSA) is 29.5 Å². The van der Waals surface area contributed by atoms with E-state index < -0.39 is 0 Å². The predicted molar refractivity (Wildman–Crippen MR) is 77.6 cm³/mol. The fourth-order valence-corrected chi connectivity index (χ4v) is 1.96. The maximum absolute atomic E-state index is 12.1. The number of hydrogen-bond donors (Lipinski definition) is 0. The molecule has 0 aliphatic heterocycles. The second-order valence-corrected chi connectivity index (χ2v) is 5.61. The van der Waals surface area contributed by atoms with Crippen molar-refractivity contribution in [1.29, 1.82) is 0 Å². The van der Waals surface area contributed by atoms with Crippen LogP contribution in [0.2, 0.25) is 0 Å². The zero-order chi connectivity index (χ0) is 13.6. The summed E-state index contributed by atoms with van der Waals surface area (Å²) in [6.07, 6.45) is 1.40. The van der Waals surface area contributed by atoms with Gasteiger partial charge in [-0.1, -0.05) is 37.3 Å². The Morgan fingerprint density at radius 2 is 1.94 bits per heavy atom. The van der Waals surface area contributed by atoms with Gasteiger partial charge in [0, 0.05) is 23.0 Å². The van der Waals surface area contributed by atoms with Gasteiger partial charge in [0.05, 0.1) is 0 Å². The van der Waals surface area contributed by atoms with E-state index in [0.717, 1.165) is 28.4 Å². The smallest absolute Gasteiger partial charge is 0.410 e. The van der Waals surface area contributed by atoms with E-state index in [1.54, 1.807) is 4.90 Å². The predicted octanol–water partition coefficient (Wildman–Crippen LogP) is 2.14. The molecule has 0 N–H and O–H groups in total. The Morgan fingerprint density at radius 1 is 1.33 bits per heavy atom. The Labute approximate surface area is 113 Å². The summed E-state index contributed by atoms with van der Waals surface area (Å²) in [5.74, 6) is 0. The van der Waals surface area contributed by atoms with E-state index in [0.29, 0.717) is 6.54 Å². The molecular formula is C14H23NO2Si. The van der Waals surface area contributed by atoms with Crippen molar-refractivity contribution in [3.63, 3.8) is 0 Å². The third kappa shape index (κ3) is 4.53. The first-order valence-corrected chi connectivity index (χ1v) is 7.91. The number of hydrogen-bond acceptors (Lipinski definition) is 2. The lowest BCUT2D eigenvalue weighted by atomic mass is 10.1. The monoisotopic (exact) mass is 265 g/mol. The zero-order valence-electron chi connectivity index (χ0n) is 11.8. The highest BCUT2D eigenvalue weighted by molar-refractivity contribution is 6.09. The van der Waals surface area contributed by atoms with E-state index in [2.05, 4.69) is 0 Å².